The number of carbonyl (C=O) groups excluding carboxylic acids is 1. The summed E-state index contributed by atoms with van der Waals surface area (Å²) in [7, 11) is 0. The number of nitrogens with two attached hydrogens (primary N) is 1. The number of thiophene rings is 1. The number of primary amides is 1. The van der Waals surface area contributed by atoms with Crippen molar-refractivity contribution in [2.24, 2.45) is 5.73 Å². The van der Waals surface area contributed by atoms with Crippen LogP contribution >= 0.6 is 11.3 Å². The molecule has 0 aliphatic carbocycles. The number of rotatable bonds is 3. The summed E-state index contributed by atoms with van der Waals surface area (Å²) in [5.41, 5.74) is 6.74. The highest BCUT2D eigenvalue weighted by Crippen LogP contribution is 2.30. The van der Waals surface area contributed by atoms with Crippen LogP contribution in [0.5, 0.6) is 0 Å². The van der Waals surface area contributed by atoms with Crippen molar-refractivity contribution >= 4 is 27.5 Å². The van der Waals surface area contributed by atoms with Crippen molar-refractivity contribution in [1.82, 2.24) is 4.98 Å². The lowest BCUT2D eigenvalue weighted by atomic mass is 10.1. The van der Waals surface area contributed by atoms with Crippen LogP contribution in [0.1, 0.15) is 28.6 Å². The predicted octanol–water partition coefficient (Wildman–Crippen LogP) is 2.35. The minimum Gasteiger partial charge on any atom is -0.365 e. The van der Waals surface area contributed by atoms with Crippen LogP contribution in [-0.2, 0) is 6.42 Å². The molecule has 1 amide bonds. The second-order valence-electron chi connectivity index (χ2n) is 3.36. The summed E-state index contributed by atoms with van der Waals surface area (Å²) in [5.74, 6) is -0.372. The number of aryl methyl sites for hydroxylation is 1. The lowest BCUT2D eigenvalue weighted by molar-refractivity contribution is 0.100. The van der Waals surface area contributed by atoms with Crippen LogP contribution in [0.2, 0.25) is 0 Å². The number of nitrogens with zero attached hydrogens (tertiary/aromatic N) is 1. The van der Waals surface area contributed by atoms with E-state index in [9.17, 15) is 4.79 Å². The van der Waals surface area contributed by atoms with Crippen LogP contribution in [0.4, 0.5) is 0 Å². The van der Waals surface area contributed by atoms with Gasteiger partial charge in [-0.2, -0.15) is 0 Å². The summed E-state index contributed by atoms with van der Waals surface area (Å²) in [6.07, 6.45) is 3.59. The van der Waals surface area contributed by atoms with Crippen molar-refractivity contribution in [2.75, 3.05) is 0 Å². The third-order valence-electron chi connectivity index (χ3n) is 2.24. The molecule has 2 aromatic heterocycles. The van der Waals surface area contributed by atoms with Gasteiger partial charge in [-0.15, -0.1) is 11.3 Å². The van der Waals surface area contributed by atoms with Gasteiger partial charge in [0.15, 0.2) is 0 Å². The molecular weight excluding hydrogens is 208 g/mol. The van der Waals surface area contributed by atoms with Gasteiger partial charge in [-0.05, 0) is 18.6 Å². The molecule has 0 unspecified atom stereocenters. The molecule has 2 heterocycles. The van der Waals surface area contributed by atoms with Crippen molar-refractivity contribution in [3.63, 3.8) is 0 Å². The molecule has 0 aromatic carbocycles. The second-order valence-corrected chi connectivity index (χ2v) is 4.50. The first kappa shape index (κ1) is 10.1. The van der Waals surface area contributed by atoms with Crippen molar-refractivity contribution < 1.29 is 4.79 Å². The van der Waals surface area contributed by atoms with E-state index in [0.717, 1.165) is 27.9 Å². The SMILES string of the molecule is CCCc1sc2cccnc2c1C(N)=O. The highest BCUT2D eigenvalue weighted by molar-refractivity contribution is 7.19. The Bertz CT molecular complexity index is 504. The first-order valence-corrected chi connectivity index (χ1v) is 5.72. The van der Waals surface area contributed by atoms with E-state index in [1.165, 1.54) is 0 Å². The van der Waals surface area contributed by atoms with Crippen molar-refractivity contribution in [2.45, 2.75) is 19.8 Å². The van der Waals surface area contributed by atoms with E-state index in [4.69, 9.17) is 5.73 Å². The summed E-state index contributed by atoms with van der Waals surface area (Å²) < 4.78 is 1.04. The molecule has 0 radical (unpaired) electrons. The third kappa shape index (κ3) is 1.72. The average molecular weight is 220 g/mol. The monoisotopic (exact) mass is 220 g/mol. The summed E-state index contributed by atoms with van der Waals surface area (Å²) in [5, 5.41) is 0. The minimum absolute atomic E-state index is 0.372. The maximum absolute atomic E-state index is 11.4. The van der Waals surface area contributed by atoms with Gasteiger partial charge < -0.3 is 5.73 Å². The molecule has 0 aliphatic heterocycles. The first-order valence-electron chi connectivity index (χ1n) is 4.90. The van der Waals surface area contributed by atoms with Gasteiger partial charge in [0, 0.05) is 11.1 Å². The van der Waals surface area contributed by atoms with Crippen LogP contribution in [0.25, 0.3) is 10.2 Å². The second kappa shape index (κ2) is 3.98. The topological polar surface area (TPSA) is 56.0 Å². The molecule has 0 fully saturated rings. The third-order valence-corrected chi connectivity index (χ3v) is 3.45. The molecule has 0 atom stereocenters. The Morgan fingerprint density at radius 3 is 3.07 bits per heavy atom. The predicted molar refractivity (Wildman–Crippen MR) is 62.1 cm³/mol. The number of fused-ring (bicyclic) bond motifs is 1. The van der Waals surface area contributed by atoms with E-state index >= 15 is 0 Å². The van der Waals surface area contributed by atoms with Crippen molar-refractivity contribution in [3.05, 3.63) is 28.8 Å². The fourth-order valence-electron chi connectivity index (χ4n) is 1.63. The van der Waals surface area contributed by atoms with Gasteiger partial charge in [-0.1, -0.05) is 13.3 Å². The van der Waals surface area contributed by atoms with Gasteiger partial charge in [-0.3, -0.25) is 9.78 Å². The fraction of sp³-hybridized carbons (Fsp3) is 0.273. The highest BCUT2D eigenvalue weighted by Gasteiger charge is 2.16. The lowest BCUT2D eigenvalue weighted by Crippen LogP contribution is -2.12. The van der Waals surface area contributed by atoms with E-state index < -0.39 is 0 Å². The van der Waals surface area contributed by atoms with E-state index in [0.29, 0.717) is 5.56 Å². The smallest absolute Gasteiger partial charge is 0.252 e. The molecule has 0 aliphatic rings. The quantitative estimate of drug-likeness (QED) is 0.863. The van der Waals surface area contributed by atoms with Crippen molar-refractivity contribution in [3.8, 4) is 0 Å². The number of pyridine rings is 1. The molecule has 0 spiro atoms. The lowest BCUT2D eigenvalue weighted by Gasteiger charge is -1.96. The van der Waals surface area contributed by atoms with Gasteiger partial charge in [0.1, 0.15) is 0 Å². The Morgan fingerprint density at radius 2 is 2.40 bits per heavy atom. The maximum Gasteiger partial charge on any atom is 0.252 e. The van der Waals surface area contributed by atoms with Gasteiger partial charge in [0.2, 0.25) is 0 Å². The number of amides is 1. The van der Waals surface area contributed by atoms with E-state index in [1.807, 2.05) is 12.1 Å². The number of hydrogen-bond donors (Lipinski definition) is 1. The van der Waals surface area contributed by atoms with Gasteiger partial charge in [0.05, 0.1) is 15.8 Å². The van der Waals surface area contributed by atoms with E-state index in [2.05, 4.69) is 11.9 Å². The zero-order chi connectivity index (χ0) is 10.8. The normalized spacial score (nSPS) is 10.7. The summed E-state index contributed by atoms with van der Waals surface area (Å²) >= 11 is 1.61. The summed E-state index contributed by atoms with van der Waals surface area (Å²) in [6.45, 7) is 2.09. The molecule has 2 rings (SSSR count). The Labute approximate surface area is 91.9 Å². The number of aromatic nitrogens is 1. The number of hydrogen-bond acceptors (Lipinski definition) is 3. The zero-order valence-corrected chi connectivity index (χ0v) is 9.30. The molecule has 0 saturated heterocycles. The van der Waals surface area contributed by atoms with E-state index in [-0.39, 0.29) is 5.91 Å². The van der Waals surface area contributed by atoms with Crippen LogP contribution in [0, 0.1) is 0 Å². The summed E-state index contributed by atoms with van der Waals surface area (Å²) in [6, 6.07) is 3.85. The molecule has 2 aromatic rings. The zero-order valence-electron chi connectivity index (χ0n) is 8.49. The first-order chi connectivity index (χ1) is 7.24. The van der Waals surface area contributed by atoms with Gasteiger partial charge >= 0.3 is 0 Å². The highest BCUT2D eigenvalue weighted by atomic mass is 32.1. The van der Waals surface area contributed by atoms with Crippen molar-refractivity contribution in [1.29, 1.82) is 0 Å². The molecule has 4 heteroatoms. The largest absolute Gasteiger partial charge is 0.365 e. The maximum atomic E-state index is 11.4. The van der Waals surface area contributed by atoms with Gasteiger partial charge in [0.25, 0.3) is 5.91 Å². The Hall–Kier alpha value is -1.42. The molecule has 0 bridgehead atoms. The van der Waals surface area contributed by atoms with Crippen LogP contribution < -0.4 is 5.73 Å². The Balaban J connectivity index is 2.69. The molecule has 3 nitrogen and oxygen atoms in total. The minimum atomic E-state index is -0.372. The Kier molecular flexibility index (Phi) is 2.68. The fourth-order valence-corrected chi connectivity index (χ4v) is 2.90. The molecular formula is C11H12N2OS. The molecule has 15 heavy (non-hydrogen) atoms. The molecule has 0 saturated carbocycles. The average Bonchev–Trinajstić information content (AvgIpc) is 2.56. The van der Waals surface area contributed by atoms with Crippen LogP contribution in [0.3, 0.4) is 0 Å². The van der Waals surface area contributed by atoms with Crippen LogP contribution in [0.15, 0.2) is 18.3 Å². The van der Waals surface area contributed by atoms with Gasteiger partial charge in [-0.25, -0.2) is 0 Å². The standard InChI is InChI=1S/C11H12N2OS/c1-2-4-7-9(11(12)14)10-8(15-7)5-3-6-13-10/h3,5-6H,2,4H2,1H3,(H2,12,14). The Morgan fingerprint density at radius 1 is 1.60 bits per heavy atom. The van der Waals surface area contributed by atoms with Crippen LogP contribution in [-0.4, -0.2) is 10.9 Å². The summed E-state index contributed by atoms with van der Waals surface area (Å²) in [4.78, 5) is 16.6. The number of carbonyl (C=O) groups is 1. The van der Waals surface area contributed by atoms with E-state index in [1.54, 1.807) is 17.5 Å². The molecule has 2 N–H and O–H groups in total. The molecule has 78 valence electrons.